The van der Waals surface area contributed by atoms with Gasteiger partial charge >= 0.3 is 53.5 Å². The van der Waals surface area contributed by atoms with Gasteiger partial charge in [-0.15, -0.1) is 26.3 Å². The number of carboxylic acids is 1. The largest absolute Gasteiger partial charge is 0.573 e. The molecule has 99 heavy (non-hydrogen) atoms. The van der Waals surface area contributed by atoms with E-state index in [4.69, 9.17) is 75.3 Å². The van der Waals surface area contributed by atoms with Crippen molar-refractivity contribution in [3.8, 4) is 11.5 Å². The number of alkyl halides is 6. The van der Waals surface area contributed by atoms with Crippen molar-refractivity contribution in [2.45, 2.75) is 192 Å². The van der Waals surface area contributed by atoms with Gasteiger partial charge in [0.2, 0.25) is 0 Å². The summed E-state index contributed by atoms with van der Waals surface area (Å²) in [6, 6.07) is 5.94. The Kier molecular flexibility index (Phi) is 35.4. The topological polar surface area (TPSA) is 330 Å². The molecule has 8 aliphatic rings. The maximum absolute atomic E-state index is 14.2. The van der Waals surface area contributed by atoms with Crippen LogP contribution in [0.3, 0.4) is 0 Å². The van der Waals surface area contributed by atoms with Gasteiger partial charge in [0.25, 0.3) is 0 Å². The third-order valence-corrected chi connectivity index (χ3v) is 17.3. The summed E-state index contributed by atoms with van der Waals surface area (Å²) in [5, 5.41) is 19.9. The molecule has 34 heteroatoms. The molecule has 0 saturated carbocycles. The number of likely N-dealkylation sites (tertiary alicyclic amines) is 1. The number of hydrogen-bond donors (Lipinski definition) is 5. The molecule has 25 nitrogen and oxygen atoms in total. The van der Waals surface area contributed by atoms with Crippen LogP contribution in [0.1, 0.15) is 151 Å². The number of piperidine rings is 4. The van der Waals surface area contributed by atoms with E-state index in [9.17, 15) is 49.5 Å². The highest BCUT2D eigenvalue weighted by molar-refractivity contribution is 7.79. The number of aliphatic hydroxyl groups is 1. The Balaban J connectivity index is 0.000000330. The summed E-state index contributed by atoms with van der Waals surface area (Å²) in [5.74, 6) is -1.69. The minimum atomic E-state index is -4.84. The molecule has 0 aromatic heterocycles. The third kappa shape index (κ3) is 32.5. The highest BCUT2D eigenvalue weighted by atomic mass is 32.3. The molecule has 2 aromatic rings. The summed E-state index contributed by atoms with van der Waals surface area (Å²) in [6.45, 7) is 22.5. The first-order valence-corrected chi connectivity index (χ1v) is 34.2. The van der Waals surface area contributed by atoms with Crippen LogP contribution in [-0.4, -0.2) is 196 Å². The van der Waals surface area contributed by atoms with Gasteiger partial charge in [-0.05, 0) is 179 Å². The summed E-state index contributed by atoms with van der Waals surface area (Å²) in [4.78, 5) is 72.1. The standard InChI is InChI=1S/C19H23F4NO4.C17H19F4NO4.C14H25NO3.C11H21NO.C2H6O.2CO2.H2O4S/c1-2-26-17(25)9-13-11-18(27-12-13)5-7-24(8-6-18)16-10-14(3-4-15(16)20)28-19(21,22)23;18-13-2-1-12(26-17(19,20)21)8-14(13)22-5-3-16(4-6-22)9-11(10-25-16)7-15(23)24;1-11-9-14(17-10-11)5-7-15(8-6-14)12(16)18-13(2,3)4;1-2-3-10-8-11(13-9-10)4-6-12-7-5-11;1-2-3;2*2-1-3;1-5(2,3)4/h3-4,10,13H,2,5-9,11-12H2,1H3;1-2,8,11H,3-7,9-10H2,(H,23,24);11H,5-10H2,1-4H3;10,12H,2-9H2,1H3;3H,2H2,1H3;;;(H2,1,2,3,4). The van der Waals surface area contributed by atoms with Crippen LogP contribution in [-0.2, 0) is 67.6 Å². The Morgan fingerprint density at radius 1 is 0.616 bits per heavy atom. The first kappa shape index (κ1) is 86.9. The van der Waals surface area contributed by atoms with Crippen LogP contribution < -0.4 is 24.6 Å². The van der Waals surface area contributed by atoms with Crippen LogP contribution in [0.2, 0.25) is 0 Å². The number of aliphatic carboxylic acids is 1. The normalized spacial score (nSPS) is 22.3. The van der Waals surface area contributed by atoms with Crippen molar-refractivity contribution in [1.29, 1.82) is 0 Å². The zero-order valence-electron chi connectivity index (χ0n) is 57.0. The molecule has 8 fully saturated rings. The lowest BCUT2D eigenvalue weighted by Crippen LogP contribution is -2.47. The van der Waals surface area contributed by atoms with Crippen molar-refractivity contribution in [2.75, 3.05) is 102 Å². The second-order valence-electron chi connectivity index (χ2n) is 26.3. The molecule has 5 N–H and O–H groups in total. The maximum Gasteiger partial charge on any atom is 0.573 e. The number of ether oxygens (including phenoxy) is 8. The molecular formula is C65H96F8N4O21S. The maximum atomic E-state index is 14.2. The van der Waals surface area contributed by atoms with Gasteiger partial charge in [-0.3, -0.25) is 18.7 Å². The van der Waals surface area contributed by atoms with Crippen LogP contribution in [0.4, 0.5) is 51.3 Å². The smallest absolute Gasteiger partial charge is 0.481 e. The predicted octanol–water partition coefficient (Wildman–Crippen LogP) is 10.6. The Hall–Kier alpha value is -6.32. The second kappa shape index (κ2) is 40.4. The van der Waals surface area contributed by atoms with Crippen LogP contribution >= 0.6 is 0 Å². The molecule has 1 amide bonds. The monoisotopic (exact) mass is 1450 g/mol. The number of halogens is 8. The Morgan fingerprint density at radius 2 is 0.980 bits per heavy atom. The number of carboxylic acid groups (broad SMARTS) is 1. The molecule has 10 rings (SSSR count). The summed E-state index contributed by atoms with van der Waals surface area (Å²) in [5.41, 5.74) is -0.746. The van der Waals surface area contributed by atoms with E-state index in [-0.39, 0.29) is 77.4 Å². The highest BCUT2D eigenvalue weighted by Crippen LogP contribution is 2.45. The number of aliphatic hydroxyl groups excluding tert-OH is 1. The lowest BCUT2D eigenvalue weighted by Gasteiger charge is -2.40. The molecule has 2 aromatic carbocycles. The van der Waals surface area contributed by atoms with Gasteiger partial charge in [-0.25, -0.2) is 13.6 Å². The average molecular weight is 1450 g/mol. The van der Waals surface area contributed by atoms with Gasteiger partial charge < -0.3 is 68.1 Å². The van der Waals surface area contributed by atoms with E-state index in [1.165, 1.54) is 32.1 Å². The summed E-state index contributed by atoms with van der Waals surface area (Å²) in [6.07, 6.45) is 4.16. The molecule has 8 aliphatic heterocycles. The Labute approximate surface area is 571 Å². The third-order valence-electron chi connectivity index (χ3n) is 17.3. The number of carbonyl (C=O) groups is 3. The van der Waals surface area contributed by atoms with Gasteiger partial charge in [-0.2, -0.15) is 27.6 Å². The van der Waals surface area contributed by atoms with Gasteiger partial charge in [0.1, 0.15) is 28.7 Å². The number of benzene rings is 2. The van der Waals surface area contributed by atoms with Crippen molar-refractivity contribution < 1.29 is 134 Å². The zero-order valence-corrected chi connectivity index (χ0v) is 57.8. The van der Waals surface area contributed by atoms with Gasteiger partial charge in [0.05, 0.1) is 73.0 Å². The van der Waals surface area contributed by atoms with Gasteiger partial charge in [-0.1, -0.05) is 20.3 Å². The predicted molar refractivity (Wildman–Crippen MR) is 336 cm³/mol. The van der Waals surface area contributed by atoms with Crippen molar-refractivity contribution >= 4 is 52.1 Å². The first-order chi connectivity index (χ1) is 46.2. The molecule has 0 aliphatic carbocycles. The van der Waals surface area contributed by atoms with E-state index < -0.39 is 63.4 Å². The Morgan fingerprint density at radius 3 is 1.34 bits per heavy atom. The quantitative estimate of drug-likeness (QED) is 0.0793. The zero-order chi connectivity index (χ0) is 74.5. The van der Waals surface area contributed by atoms with E-state index in [1.54, 1.807) is 23.6 Å². The molecule has 8 saturated heterocycles. The van der Waals surface area contributed by atoms with Crippen LogP contribution in [0, 0.1) is 35.3 Å². The van der Waals surface area contributed by atoms with Crippen molar-refractivity contribution in [2.24, 2.45) is 23.7 Å². The lowest BCUT2D eigenvalue weighted by atomic mass is 9.84. The van der Waals surface area contributed by atoms with Crippen LogP contribution in [0.15, 0.2) is 36.4 Å². The number of nitrogens with zero attached hydrogens (tertiary/aromatic N) is 3. The van der Waals surface area contributed by atoms with E-state index >= 15 is 0 Å². The molecule has 4 spiro atoms. The minimum Gasteiger partial charge on any atom is -0.481 e. The van der Waals surface area contributed by atoms with Crippen LogP contribution in [0.25, 0.3) is 0 Å². The summed E-state index contributed by atoms with van der Waals surface area (Å²) in [7, 11) is -4.67. The molecule has 564 valence electrons. The van der Waals surface area contributed by atoms with E-state index in [0.717, 1.165) is 107 Å². The second-order valence-corrected chi connectivity index (χ2v) is 27.2. The molecule has 4 unspecified atom stereocenters. The number of hydrogen-bond acceptors (Lipinski definition) is 21. The molecule has 0 bridgehead atoms. The van der Waals surface area contributed by atoms with Crippen molar-refractivity contribution in [3.63, 3.8) is 0 Å². The van der Waals surface area contributed by atoms with E-state index in [2.05, 4.69) is 28.6 Å². The highest BCUT2D eigenvalue weighted by Gasteiger charge is 2.47. The fraction of sp³-hybridized carbons (Fsp3) is 0.738. The number of nitrogens with one attached hydrogen (secondary N) is 1. The Bertz CT molecular complexity index is 2950. The molecule has 0 radical (unpaired) electrons. The lowest BCUT2D eigenvalue weighted by molar-refractivity contribution is -0.275. The minimum absolute atomic E-state index is 0.0396. The fourth-order valence-corrected chi connectivity index (χ4v) is 13.3. The van der Waals surface area contributed by atoms with E-state index in [0.29, 0.717) is 90.4 Å². The first-order valence-electron chi connectivity index (χ1n) is 32.8. The fourth-order valence-electron chi connectivity index (χ4n) is 13.3. The van der Waals surface area contributed by atoms with Crippen molar-refractivity contribution in [3.05, 3.63) is 48.0 Å². The van der Waals surface area contributed by atoms with Crippen molar-refractivity contribution in [1.82, 2.24) is 10.2 Å². The van der Waals surface area contributed by atoms with Gasteiger partial charge in [0.15, 0.2) is 0 Å². The number of anilines is 2. The molecular weight excluding hydrogens is 1360 g/mol. The summed E-state index contributed by atoms with van der Waals surface area (Å²) < 4.78 is 176. The SMILES string of the molecule is CC1COC2(CCN(C(=O)OC(C)(C)C)CC2)C1.CCCC1COC2(CCNCC2)C1.CCO.CCOC(=O)CC1COC2(CCN(c3cc(OC(F)(F)F)ccc3F)CC2)C1.O=C(O)CC1COC2(CCN(c3cc(OC(F)(F)F)ccc3F)CC2)C1.O=C=O.O=C=O.O=S(=O)(O)O. The number of rotatable bonds is 11. The number of esters is 1. The average Bonchev–Trinajstić information content (AvgIpc) is 1.77. The number of amides is 1. The molecule has 4 atom stereocenters. The number of carbonyl (C=O) groups excluding carboxylic acids is 6. The summed E-state index contributed by atoms with van der Waals surface area (Å²) >= 11 is 0. The van der Waals surface area contributed by atoms with Crippen LogP contribution in [0.5, 0.6) is 11.5 Å². The molecule has 8 heterocycles. The van der Waals surface area contributed by atoms with E-state index in [1.807, 2.05) is 25.7 Å². The van der Waals surface area contributed by atoms with Gasteiger partial charge in [0, 0.05) is 64.6 Å².